The highest BCUT2D eigenvalue weighted by Gasteiger charge is 2.42. The summed E-state index contributed by atoms with van der Waals surface area (Å²) in [7, 11) is 6.19. The third-order valence-electron chi connectivity index (χ3n) is 6.81. The smallest absolute Gasteiger partial charge is 0.109 e. The Labute approximate surface area is 171 Å². The average Bonchev–Trinajstić information content (AvgIpc) is 3.33. The summed E-state index contributed by atoms with van der Waals surface area (Å²) in [4.78, 5) is 9.32. The Morgan fingerprint density at radius 1 is 1.11 bits per heavy atom. The topological polar surface area (TPSA) is 60.0 Å². The fourth-order valence-electron chi connectivity index (χ4n) is 4.48. The molecule has 0 amide bonds. The normalized spacial score (nSPS) is 29.5. The van der Waals surface area contributed by atoms with Crippen LogP contribution in [-0.2, 0) is 11.4 Å². The zero-order valence-corrected chi connectivity index (χ0v) is 18.4. The minimum Gasteiger partial charge on any atom is -0.313 e. The van der Waals surface area contributed by atoms with Gasteiger partial charge in [0, 0.05) is 31.7 Å². The number of nitrogens with one attached hydrogen (secondary N) is 2. The van der Waals surface area contributed by atoms with Gasteiger partial charge in [-0.15, -0.1) is 0 Å². The first-order valence-corrected chi connectivity index (χ1v) is 10.6. The maximum Gasteiger partial charge on any atom is 0.109 e. The quantitative estimate of drug-likeness (QED) is 0.489. The lowest BCUT2D eigenvalue weighted by molar-refractivity contribution is -0.289. The van der Waals surface area contributed by atoms with Gasteiger partial charge in [-0.3, -0.25) is 10.2 Å². The van der Waals surface area contributed by atoms with Crippen LogP contribution in [0.15, 0.2) is 30.3 Å². The van der Waals surface area contributed by atoms with Crippen molar-refractivity contribution >= 4 is 0 Å². The Hall–Kier alpha value is -1.02. The highest BCUT2D eigenvalue weighted by molar-refractivity contribution is 5.15. The average molecular weight is 393 g/mol. The fraction of sp³-hybridized carbons (Fsp3) is 0.727. The van der Waals surface area contributed by atoms with Gasteiger partial charge in [-0.1, -0.05) is 37.3 Å². The van der Waals surface area contributed by atoms with Crippen LogP contribution in [0.1, 0.15) is 38.7 Å². The molecule has 6 nitrogen and oxygen atoms in total. The molecule has 1 aromatic rings. The predicted molar refractivity (Wildman–Crippen MR) is 115 cm³/mol. The Morgan fingerprint density at radius 2 is 1.82 bits per heavy atom. The summed E-state index contributed by atoms with van der Waals surface area (Å²) in [6, 6.07) is 10.5. The molecule has 160 valence electrons. The van der Waals surface area contributed by atoms with Gasteiger partial charge < -0.3 is 15.5 Å². The second-order valence-corrected chi connectivity index (χ2v) is 8.47. The zero-order valence-electron chi connectivity index (χ0n) is 18.4. The summed E-state index contributed by atoms with van der Waals surface area (Å²) in [5.41, 5.74) is 1.60. The van der Waals surface area contributed by atoms with Crippen molar-refractivity contribution in [1.29, 1.82) is 0 Å². The molecule has 1 aromatic carbocycles. The lowest BCUT2D eigenvalue weighted by atomic mass is 9.92. The van der Waals surface area contributed by atoms with Crippen molar-refractivity contribution in [2.75, 3.05) is 47.3 Å². The molecule has 0 bridgehead atoms. The van der Waals surface area contributed by atoms with E-state index >= 15 is 0 Å². The van der Waals surface area contributed by atoms with Crippen LogP contribution in [0, 0.1) is 0 Å². The number of nitrogens with zero attached hydrogens (tertiary/aromatic N) is 2. The number of benzene rings is 1. The first-order valence-electron chi connectivity index (χ1n) is 10.6. The van der Waals surface area contributed by atoms with Crippen LogP contribution in [0.25, 0.3) is 0 Å². The monoisotopic (exact) mass is 392 g/mol. The van der Waals surface area contributed by atoms with Crippen molar-refractivity contribution in [2.45, 2.75) is 56.8 Å². The molecule has 2 heterocycles. The van der Waals surface area contributed by atoms with Crippen LogP contribution in [0.5, 0.6) is 0 Å². The molecule has 0 radical (unpaired) electrons. The fourth-order valence-corrected chi connectivity index (χ4v) is 4.48. The molecule has 2 aliphatic heterocycles. The van der Waals surface area contributed by atoms with Crippen molar-refractivity contribution < 1.29 is 10.1 Å². The largest absolute Gasteiger partial charge is 0.313 e. The van der Waals surface area contributed by atoms with E-state index in [0.717, 1.165) is 26.1 Å². The van der Waals surface area contributed by atoms with Crippen LogP contribution in [-0.4, -0.2) is 79.6 Å². The minimum absolute atomic E-state index is 0.149. The Kier molecular flexibility index (Phi) is 8.86. The second kappa shape index (κ2) is 10.7. The van der Waals surface area contributed by atoms with Gasteiger partial charge in [0.05, 0.1) is 5.54 Å². The molecule has 0 aromatic heterocycles. The van der Waals surface area contributed by atoms with Gasteiger partial charge in [0.2, 0.25) is 0 Å². The van der Waals surface area contributed by atoms with Gasteiger partial charge >= 0.3 is 0 Å². The molecule has 3 unspecified atom stereocenters. The van der Waals surface area contributed by atoms with E-state index in [1.165, 1.54) is 31.5 Å². The first kappa shape index (κ1) is 23.3. The second-order valence-electron chi connectivity index (χ2n) is 8.47. The van der Waals surface area contributed by atoms with Crippen molar-refractivity contribution in [1.82, 2.24) is 20.4 Å². The standard InChI is InChI=1S/C14H22N2O2.C8H18N2/c1-12(18-17)14(15-2)8-9-16(11-14)10-13-6-4-3-5-7-13;1-4-8(9-2)5-6-10(3)7-8/h3-7,12,15,17H,8-11H2,1-2H3;9H,4-7H2,1-3H3. The number of hydrogen-bond donors (Lipinski definition) is 3. The molecular formula is C22H40N4O2. The van der Waals surface area contributed by atoms with Crippen LogP contribution in [0.2, 0.25) is 0 Å². The SMILES string of the molecule is CCC1(NC)CCN(C)C1.CNC1(C(C)OO)CCN(Cc2ccccc2)C1. The molecular weight excluding hydrogens is 352 g/mol. The van der Waals surface area contributed by atoms with E-state index in [0.29, 0.717) is 5.54 Å². The lowest BCUT2D eigenvalue weighted by Crippen LogP contribution is -2.54. The first-order chi connectivity index (χ1) is 13.4. The van der Waals surface area contributed by atoms with E-state index in [9.17, 15) is 0 Å². The molecule has 28 heavy (non-hydrogen) atoms. The van der Waals surface area contributed by atoms with Crippen molar-refractivity contribution in [3.63, 3.8) is 0 Å². The summed E-state index contributed by atoms with van der Waals surface area (Å²) >= 11 is 0. The molecule has 2 fully saturated rings. The minimum atomic E-state index is -0.205. The Balaban J connectivity index is 0.000000237. The molecule has 6 heteroatoms. The highest BCUT2D eigenvalue weighted by Crippen LogP contribution is 2.27. The summed E-state index contributed by atoms with van der Waals surface area (Å²) in [5.74, 6) is 0. The third kappa shape index (κ3) is 5.75. The summed E-state index contributed by atoms with van der Waals surface area (Å²) in [6.45, 7) is 9.47. The van der Waals surface area contributed by atoms with Crippen LogP contribution in [0.3, 0.4) is 0 Å². The molecule has 0 spiro atoms. The molecule has 0 saturated carbocycles. The van der Waals surface area contributed by atoms with E-state index in [2.05, 4.69) is 70.6 Å². The van der Waals surface area contributed by atoms with Crippen LogP contribution in [0.4, 0.5) is 0 Å². The number of likely N-dealkylation sites (tertiary alicyclic amines) is 2. The van der Waals surface area contributed by atoms with E-state index in [-0.39, 0.29) is 11.6 Å². The van der Waals surface area contributed by atoms with Gasteiger partial charge in [0.25, 0.3) is 0 Å². The number of likely N-dealkylation sites (N-methyl/N-ethyl adjacent to an activating group) is 3. The van der Waals surface area contributed by atoms with Gasteiger partial charge in [-0.25, -0.2) is 4.89 Å². The zero-order chi connectivity index (χ0) is 20.6. The maximum atomic E-state index is 8.91. The van der Waals surface area contributed by atoms with Crippen LogP contribution >= 0.6 is 0 Å². The molecule has 0 aliphatic carbocycles. The van der Waals surface area contributed by atoms with Crippen molar-refractivity contribution in [2.24, 2.45) is 0 Å². The molecule has 2 saturated heterocycles. The van der Waals surface area contributed by atoms with Gasteiger partial charge in [0.15, 0.2) is 0 Å². The van der Waals surface area contributed by atoms with Crippen LogP contribution < -0.4 is 10.6 Å². The molecule has 3 N–H and O–H groups in total. The third-order valence-corrected chi connectivity index (χ3v) is 6.81. The summed E-state index contributed by atoms with van der Waals surface area (Å²) < 4.78 is 0. The van der Waals surface area contributed by atoms with Crippen molar-refractivity contribution in [3.8, 4) is 0 Å². The van der Waals surface area contributed by atoms with Gasteiger partial charge in [-0.2, -0.15) is 0 Å². The molecule has 3 rings (SSSR count). The maximum absolute atomic E-state index is 8.91. The van der Waals surface area contributed by atoms with E-state index in [1.807, 2.05) is 20.0 Å². The number of rotatable bonds is 7. The van der Waals surface area contributed by atoms with E-state index < -0.39 is 0 Å². The molecule has 2 aliphatic rings. The van der Waals surface area contributed by atoms with Crippen molar-refractivity contribution in [3.05, 3.63) is 35.9 Å². The van der Waals surface area contributed by atoms with E-state index in [4.69, 9.17) is 5.26 Å². The van der Waals surface area contributed by atoms with Gasteiger partial charge in [0.1, 0.15) is 6.10 Å². The molecule has 3 atom stereocenters. The highest BCUT2D eigenvalue weighted by atomic mass is 17.1. The Morgan fingerprint density at radius 3 is 2.29 bits per heavy atom. The van der Waals surface area contributed by atoms with Gasteiger partial charge in [-0.05, 0) is 59.4 Å². The summed E-state index contributed by atoms with van der Waals surface area (Å²) in [5, 5.41) is 15.6. The predicted octanol–water partition coefficient (Wildman–Crippen LogP) is 2.42. The van der Waals surface area contributed by atoms with E-state index in [1.54, 1.807) is 0 Å². The Bertz CT molecular complexity index is 567. The summed E-state index contributed by atoms with van der Waals surface area (Å²) in [6.07, 6.45) is 3.32. The lowest BCUT2D eigenvalue weighted by Gasteiger charge is -2.33. The number of hydrogen-bond acceptors (Lipinski definition) is 6.